The number of carbonyl (C=O) groups is 1. The Hall–Kier alpha value is -2.84. The highest BCUT2D eigenvalue weighted by molar-refractivity contribution is 7.47. The van der Waals surface area contributed by atoms with Crippen molar-refractivity contribution in [3.05, 3.63) is 109 Å². The third-order valence-electron chi connectivity index (χ3n) is 10.3. The Morgan fingerprint density at radius 3 is 1.40 bits per heavy atom. The molecule has 0 fully saturated rings. The highest BCUT2D eigenvalue weighted by atomic mass is 31.2. The van der Waals surface area contributed by atoms with Crippen LogP contribution in [0.3, 0.4) is 0 Å². The number of hydrogen-bond acceptors (Lipinski definition) is 5. The molecule has 3 atom stereocenters. The molecule has 0 spiro atoms. The van der Waals surface area contributed by atoms with Gasteiger partial charge < -0.3 is 19.8 Å². The molecule has 3 N–H and O–H groups in total. The van der Waals surface area contributed by atoms with Crippen LogP contribution in [0.15, 0.2) is 109 Å². The Labute approximate surface area is 387 Å². The fourth-order valence-corrected chi connectivity index (χ4v) is 7.12. The Balaban J connectivity index is 4.04. The summed E-state index contributed by atoms with van der Waals surface area (Å²) in [7, 11) is 1.58. The van der Waals surface area contributed by atoms with Crippen molar-refractivity contribution in [3.63, 3.8) is 0 Å². The van der Waals surface area contributed by atoms with Gasteiger partial charge in [-0.3, -0.25) is 13.8 Å². The van der Waals surface area contributed by atoms with E-state index in [1.807, 2.05) is 21.1 Å². The molecule has 0 saturated heterocycles. The molecule has 3 unspecified atom stereocenters. The van der Waals surface area contributed by atoms with E-state index in [-0.39, 0.29) is 19.1 Å². The lowest BCUT2D eigenvalue weighted by atomic mass is 10.0. The molecule has 0 aliphatic heterocycles. The van der Waals surface area contributed by atoms with Crippen LogP contribution in [-0.2, 0) is 18.4 Å². The van der Waals surface area contributed by atoms with Gasteiger partial charge in [0.25, 0.3) is 0 Å². The number of hydrogen-bond donors (Lipinski definition) is 3. The summed E-state index contributed by atoms with van der Waals surface area (Å²) in [5.74, 6) is -0.167. The van der Waals surface area contributed by atoms with Gasteiger partial charge in [0.15, 0.2) is 0 Å². The quantitative estimate of drug-likeness (QED) is 0.0244. The summed E-state index contributed by atoms with van der Waals surface area (Å²) in [5.41, 5.74) is 0. The van der Waals surface area contributed by atoms with Crippen LogP contribution < -0.4 is 5.32 Å². The van der Waals surface area contributed by atoms with E-state index in [1.165, 1.54) is 38.5 Å². The van der Waals surface area contributed by atoms with Crippen molar-refractivity contribution in [1.82, 2.24) is 5.32 Å². The van der Waals surface area contributed by atoms with E-state index in [2.05, 4.69) is 129 Å². The second-order valence-electron chi connectivity index (χ2n) is 17.5. The van der Waals surface area contributed by atoms with E-state index in [0.717, 1.165) is 109 Å². The standard InChI is InChI=1S/C54H93N2O6P/c1-6-8-10-12-14-15-16-17-18-19-20-21-22-23-24-25-26-27-28-29-30-31-32-33-34-35-36-37-38-39-40-41-42-44-46-48-54(58)55-52(53(57)47-45-43-13-11-9-7-2)51-62-63(59,60)61-50-49-56(3,4)5/h8,10,14-15,17-18,20-21,23-24,26-27,29-30,32-33,35-36,52-53,57H,6-7,9,11-13,16,19,22,25,28,31,34,37-51H2,1-5H3,(H-,55,58,59,60)/p+1/b10-8-,15-14-,18-17-,21-20-,24-23-,27-26-,30-29-,33-32-,36-35-. The summed E-state index contributed by atoms with van der Waals surface area (Å²) in [5, 5.41) is 13.8. The third-order valence-corrected chi connectivity index (χ3v) is 11.3. The predicted molar refractivity (Wildman–Crippen MR) is 272 cm³/mol. The van der Waals surface area contributed by atoms with Crippen molar-refractivity contribution in [2.45, 2.75) is 187 Å². The lowest BCUT2D eigenvalue weighted by Gasteiger charge is -2.26. The first kappa shape index (κ1) is 60.2. The van der Waals surface area contributed by atoms with Gasteiger partial charge >= 0.3 is 7.82 Å². The first-order chi connectivity index (χ1) is 30.5. The Kier molecular flexibility index (Phi) is 42.4. The summed E-state index contributed by atoms with van der Waals surface area (Å²) in [6, 6.07) is -0.770. The number of aliphatic hydroxyl groups excluding tert-OH is 1. The Morgan fingerprint density at radius 1 is 0.556 bits per heavy atom. The second kappa shape index (κ2) is 44.4. The normalized spacial score (nSPS) is 15.1. The molecule has 0 aromatic carbocycles. The van der Waals surface area contributed by atoms with Crippen molar-refractivity contribution >= 4 is 13.7 Å². The molecule has 360 valence electrons. The molecule has 8 nitrogen and oxygen atoms in total. The minimum Gasteiger partial charge on any atom is -0.391 e. The van der Waals surface area contributed by atoms with Crippen molar-refractivity contribution in [1.29, 1.82) is 0 Å². The molecule has 0 radical (unpaired) electrons. The van der Waals surface area contributed by atoms with Crippen LogP contribution >= 0.6 is 7.82 Å². The van der Waals surface area contributed by atoms with E-state index >= 15 is 0 Å². The van der Waals surface area contributed by atoms with Crippen LogP contribution in [0.4, 0.5) is 0 Å². The molecule has 0 bridgehead atoms. The number of phosphoric ester groups is 1. The third kappa shape index (κ3) is 47.0. The highest BCUT2D eigenvalue weighted by Crippen LogP contribution is 2.43. The molecule has 0 rings (SSSR count). The van der Waals surface area contributed by atoms with Gasteiger partial charge in [0, 0.05) is 6.42 Å². The Bertz CT molecular complexity index is 1390. The number of carbonyl (C=O) groups excluding carboxylic acids is 1. The van der Waals surface area contributed by atoms with Crippen LogP contribution in [0.5, 0.6) is 0 Å². The average molecular weight is 898 g/mol. The summed E-state index contributed by atoms with van der Waals surface area (Å²) in [6.07, 6.45) is 64.5. The molecule has 0 saturated carbocycles. The monoisotopic (exact) mass is 898 g/mol. The number of nitrogens with zero attached hydrogens (tertiary/aromatic N) is 1. The van der Waals surface area contributed by atoms with E-state index in [4.69, 9.17) is 9.05 Å². The van der Waals surface area contributed by atoms with Gasteiger partial charge in [-0.2, -0.15) is 0 Å². The zero-order valence-electron chi connectivity index (χ0n) is 40.8. The highest BCUT2D eigenvalue weighted by Gasteiger charge is 2.28. The van der Waals surface area contributed by atoms with Crippen LogP contribution in [0.2, 0.25) is 0 Å². The predicted octanol–water partition coefficient (Wildman–Crippen LogP) is 14.5. The summed E-state index contributed by atoms with van der Waals surface area (Å²) in [6.45, 7) is 4.67. The van der Waals surface area contributed by atoms with Gasteiger partial charge in [-0.1, -0.05) is 194 Å². The Morgan fingerprint density at radius 2 is 0.952 bits per heavy atom. The number of nitrogens with one attached hydrogen (secondary N) is 1. The van der Waals surface area contributed by atoms with Gasteiger partial charge in [0.2, 0.25) is 5.91 Å². The number of quaternary nitrogens is 1. The maximum atomic E-state index is 12.8. The molecule has 9 heteroatoms. The molecule has 0 aromatic rings. The first-order valence-corrected chi connectivity index (χ1v) is 26.2. The maximum Gasteiger partial charge on any atom is 0.472 e. The molecule has 0 aromatic heterocycles. The fraction of sp³-hybridized carbons (Fsp3) is 0.648. The van der Waals surface area contributed by atoms with Crippen LogP contribution in [0, 0.1) is 0 Å². The summed E-state index contributed by atoms with van der Waals surface area (Å²) in [4.78, 5) is 23.0. The minimum atomic E-state index is -4.31. The van der Waals surface area contributed by atoms with E-state index in [1.54, 1.807) is 0 Å². The minimum absolute atomic E-state index is 0.0657. The number of phosphoric acid groups is 1. The zero-order valence-corrected chi connectivity index (χ0v) is 41.7. The number of allylic oxidation sites excluding steroid dienone is 18. The molecule has 1 amide bonds. The summed E-state index contributed by atoms with van der Waals surface area (Å²) >= 11 is 0. The number of likely N-dealkylation sites (N-methyl/N-ethyl adjacent to an activating group) is 1. The number of unbranched alkanes of at least 4 members (excludes halogenated alkanes) is 12. The van der Waals surface area contributed by atoms with Gasteiger partial charge in [-0.15, -0.1) is 0 Å². The maximum absolute atomic E-state index is 12.8. The van der Waals surface area contributed by atoms with Gasteiger partial charge in [0.05, 0.1) is 39.9 Å². The molecule has 0 aliphatic carbocycles. The number of rotatable bonds is 43. The molecular weight excluding hydrogens is 804 g/mol. The largest absolute Gasteiger partial charge is 0.472 e. The van der Waals surface area contributed by atoms with Crippen LogP contribution in [0.25, 0.3) is 0 Å². The van der Waals surface area contributed by atoms with Gasteiger partial charge in [-0.25, -0.2) is 4.57 Å². The van der Waals surface area contributed by atoms with Crippen molar-refractivity contribution < 1.29 is 32.9 Å². The van der Waals surface area contributed by atoms with Gasteiger partial charge in [-0.05, 0) is 83.5 Å². The summed E-state index contributed by atoms with van der Waals surface area (Å²) < 4.78 is 23.5. The number of aliphatic hydroxyl groups is 1. The van der Waals surface area contributed by atoms with Crippen molar-refractivity contribution in [2.24, 2.45) is 0 Å². The lowest BCUT2D eigenvalue weighted by Crippen LogP contribution is -2.46. The van der Waals surface area contributed by atoms with E-state index < -0.39 is 20.0 Å². The van der Waals surface area contributed by atoms with Crippen LogP contribution in [-0.4, -0.2) is 73.4 Å². The average Bonchev–Trinajstić information content (AvgIpc) is 3.24. The topological polar surface area (TPSA) is 105 Å². The van der Waals surface area contributed by atoms with Crippen molar-refractivity contribution in [3.8, 4) is 0 Å². The lowest BCUT2D eigenvalue weighted by molar-refractivity contribution is -0.870. The van der Waals surface area contributed by atoms with Crippen molar-refractivity contribution in [2.75, 3.05) is 40.9 Å². The molecule has 0 heterocycles. The number of amides is 1. The molecule has 0 aliphatic rings. The molecular formula is C54H94N2O6P+. The fourth-order valence-electron chi connectivity index (χ4n) is 6.39. The van der Waals surface area contributed by atoms with Gasteiger partial charge in [0.1, 0.15) is 13.2 Å². The zero-order chi connectivity index (χ0) is 46.4. The second-order valence-corrected chi connectivity index (χ2v) is 18.9. The smallest absolute Gasteiger partial charge is 0.391 e. The first-order valence-electron chi connectivity index (χ1n) is 24.8. The van der Waals surface area contributed by atoms with Crippen LogP contribution in [0.1, 0.15) is 174 Å². The van der Waals surface area contributed by atoms with E-state index in [0.29, 0.717) is 23.9 Å². The van der Waals surface area contributed by atoms with E-state index in [9.17, 15) is 19.4 Å². The SMILES string of the molecule is CC/C=C\C/C=C\C/C=C\C/C=C\C/C=C\C/C=C\C/C=C\C/C=C\C/C=C\CCCCCCCCCC(=O)NC(COP(=O)(O)OCC[N+](C)(C)C)C(O)CCCCCCCC. The molecule has 63 heavy (non-hydrogen) atoms.